The first kappa shape index (κ1) is 12.1. The Morgan fingerprint density at radius 2 is 1.95 bits per heavy atom. The summed E-state index contributed by atoms with van der Waals surface area (Å²) in [7, 11) is 0. The van der Waals surface area contributed by atoms with Crippen molar-refractivity contribution in [2.75, 3.05) is 0 Å². The molecule has 1 aromatic carbocycles. The largest absolute Gasteiger partial charge is 0.294 e. The van der Waals surface area contributed by atoms with Crippen LogP contribution in [0.25, 0.3) is 0 Å². The van der Waals surface area contributed by atoms with Crippen LogP contribution in [0.1, 0.15) is 45.7 Å². The highest BCUT2D eigenvalue weighted by Gasteiger charge is 2.19. The molecule has 2 heteroatoms. The number of carbonyl (C=O) groups excluding carboxylic acids is 1. The minimum Gasteiger partial charge on any atom is -0.294 e. The molecular formula is C17H17NO. The van der Waals surface area contributed by atoms with Crippen molar-refractivity contribution in [3.05, 3.63) is 64.5 Å². The quantitative estimate of drug-likeness (QED) is 0.817. The zero-order chi connectivity index (χ0) is 13.2. The summed E-state index contributed by atoms with van der Waals surface area (Å²) in [5.74, 6) is 0.253. The number of hydrogen-bond acceptors (Lipinski definition) is 2. The molecule has 1 heterocycles. The summed E-state index contributed by atoms with van der Waals surface area (Å²) in [6, 6.07) is 12.4. The van der Waals surface area contributed by atoms with Crippen LogP contribution in [0.2, 0.25) is 0 Å². The predicted molar refractivity (Wildman–Crippen MR) is 75.5 cm³/mol. The van der Waals surface area contributed by atoms with E-state index < -0.39 is 0 Å². The van der Waals surface area contributed by atoms with E-state index in [4.69, 9.17) is 0 Å². The summed E-state index contributed by atoms with van der Waals surface area (Å²) in [5, 5.41) is 0. The first-order valence-corrected chi connectivity index (χ1v) is 6.80. The van der Waals surface area contributed by atoms with Gasteiger partial charge in [0.15, 0.2) is 5.78 Å². The standard InChI is InChI=1S/C17H17NO/c1-12-14(10-13-6-3-2-4-7-13)11-15-16(18-12)8-5-9-17(15)19/h2-4,6-7,11H,5,8-10H2,1H3. The van der Waals surface area contributed by atoms with Crippen LogP contribution in [-0.4, -0.2) is 10.8 Å². The highest BCUT2D eigenvalue weighted by Crippen LogP contribution is 2.23. The van der Waals surface area contributed by atoms with Crippen molar-refractivity contribution in [2.24, 2.45) is 0 Å². The third-order valence-corrected chi connectivity index (χ3v) is 3.75. The van der Waals surface area contributed by atoms with Crippen molar-refractivity contribution in [1.82, 2.24) is 4.98 Å². The zero-order valence-corrected chi connectivity index (χ0v) is 11.1. The van der Waals surface area contributed by atoms with Crippen LogP contribution >= 0.6 is 0 Å². The first-order valence-electron chi connectivity index (χ1n) is 6.80. The maximum Gasteiger partial charge on any atom is 0.164 e. The van der Waals surface area contributed by atoms with E-state index in [0.29, 0.717) is 6.42 Å². The lowest BCUT2D eigenvalue weighted by Crippen LogP contribution is -2.14. The number of pyridine rings is 1. The summed E-state index contributed by atoms with van der Waals surface area (Å²) >= 11 is 0. The monoisotopic (exact) mass is 251 g/mol. The van der Waals surface area contributed by atoms with Gasteiger partial charge in [0.2, 0.25) is 0 Å². The number of rotatable bonds is 2. The molecule has 96 valence electrons. The van der Waals surface area contributed by atoms with Gasteiger partial charge in [-0.3, -0.25) is 9.78 Å². The number of nitrogens with zero attached hydrogens (tertiary/aromatic N) is 1. The van der Waals surface area contributed by atoms with Crippen LogP contribution < -0.4 is 0 Å². The fraction of sp³-hybridized carbons (Fsp3) is 0.294. The molecule has 0 N–H and O–H groups in total. The zero-order valence-electron chi connectivity index (χ0n) is 11.1. The second kappa shape index (κ2) is 4.96. The first-order chi connectivity index (χ1) is 9.24. The molecule has 2 aromatic rings. The molecular weight excluding hydrogens is 234 g/mol. The lowest BCUT2D eigenvalue weighted by Gasteiger charge is -2.16. The third-order valence-electron chi connectivity index (χ3n) is 3.75. The highest BCUT2D eigenvalue weighted by atomic mass is 16.1. The Balaban J connectivity index is 1.98. The fourth-order valence-electron chi connectivity index (χ4n) is 2.67. The van der Waals surface area contributed by atoms with Gasteiger partial charge in [0.1, 0.15) is 0 Å². The molecule has 2 nitrogen and oxygen atoms in total. The van der Waals surface area contributed by atoms with Gasteiger partial charge in [-0.1, -0.05) is 30.3 Å². The van der Waals surface area contributed by atoms with Crippen LogP contribution in [-0.2, 0) is 12.8 Å². The Morgan fingerprint density at radius 3 is 2.74 bits per heavy atom. The second-order valence-corrected chi connectivity index (χ2v) is 5.17. The maximum absolute atomic E-state index is 12.0. The molecule has 0 unspecified atom stereocenters. The third kappa shape index (κ3) is 2.43. The lowest BCUT2D eigenvalue weighted by atomic mass is 9.91. The highest BCUT2D eigenvalue weighted by molar-refractivity contribution is 5.98. The van der Waals surface area contributed by atoms with Crippen molar-refractivity contribution in [2.45, 2.75) is 32.6 Å². The van der Waals surface area contributed by atoms with Gasteiger partial charge in [0.05, 0.1) is 5.69 Å². The van der Waals surface area contributed by atoms with Gasteiger partial charge >= 0.3 is 0 Å². The van der Waals surface area contributed by atoms with Gasteiger partial charge in [0, 0.05) is 17.7 Å². The summed E-state index contributed by atoms with van der Waals surface area (Å²) in [5.41, 5.74) is 5.32. The van der Waals surface area contributed by atoms with Gasteiger partial charge in [-0.25, -0.2) is 0 Å². The molecule has 0 saturated carbocycles. The summed E-state index contributed by atoms with van der Waals surface area (Å²) in [4.78, 5) is 16.6. The Kier molecular flexibility index (Phi) is 3.16. The molecule has 1 aliphatic carbocycles. The molecule has 3 rings (SSSR count). The average molecular weight is 251 g/mol. The number of benzene rings is 1. The minimum atomic E-state index is 0.253. The van der Waals surface area contributed by atoms with E-state index in [1.807, 2.05) is 25.1 Å². The fourth-order valence-corrected chi connectivity index (χ4v) is 2.67. The van der Waals surface area contributed by atoms with E-state index in [1.165, 1.54) is 11.1 Å². The number of carbonyl (C=O) groups is 1. The Hall–Kier alpha value is -1.96. The molecule has 0 spiro atoms. The van der Waals surface area contributed by atoms with Crippen LogP contribution in [0.4, 0.5) is 0 Å². The van der Waals surface area contributed by atoms with Gasteiger partial charge in [-0.05, 0) is 43.4 Å². The van der Waals surface area contributed by atoms with Gasteiger partial charge in [-0.2, -0.15) is 0 Å². The molecule has 0 aliphatic heterocycles. The number of Topliss-reactive ketones (excluding diaryl/α,β-unsaturated/α-hetero) is 1. The van der Waals surface area contributed by atoms with Crippen LogP contribution in [0.5, 0.6) is 0 Å². The van der Waals surface area contributed by atoms with Crippen molar-refractivity contribution < 1.29 is 4.79 Å². The molecule has 0 atom stereocenters. The predicted octanol–water partition coefficient (Wildman–Crippen LogP) is 3.50. The smallest absolute Gasteiger partial charge is 0.164 e. The van der Waals surface area contributed by atoms with E-state index in [9.17, 15) is 4.79 Å². The molecule has 1 aliphatic rings. The number of ketones is 1. The summed E-state index contributed by atoms with van der Waals surface area (Å²) in [6.45, 7) is 2.04. The van der Waals surface area contributed by atoms with Crippen LogP contribution in [0, 0.1) is 6.92 Å². The van der Waals surface area contributed by atoms with Crippen molar-refractivity contribution in [3.8, 4) is 0 Å². The van der Waals surface area contributed by atoms with E-state index in [0.717, 1.165) is 36.2 Å². The number of hydrogen-bond donors (Lipinski definition) is 0. The van der Waals surface area contributed by atoms with E-state index in [2.05, 4.69) is 23.2 Å². The van der Waals surface area contributed by atoms with Crippen LogP contribution in [0.3, 0.4) is 0 Å². The Bertz CT molecular complexity index is 617. The minimum absolute atomic E-state index is 0.253. The Labute approximate surface area is 113 Å². The number of aryl methyl sites for hydroxylation is 2. The van der Waals surface area contributed by atoms with Crippen molar-refractivity contribution in [1.29, 1.82) is 0 Å². The van der Waals surface area contributed by atoms with Crippen molar-refractivity contribution >= 4 is 5.78 Å². The van der Waals surface area contributed by atoms with Crippen molar-refractivity contribution in [3.63, 3.8) is 0 Å². The van der Waals surface area contributed by atoms with E-state index in [1.54, 1.807) is 0 Å². The molecule has 0 bridgehead atoms. The van der Waals surface area contributed by atoms with Gasteiger partial charge in [0.25, 0.3) is 0 Å². The molecule has 19 heavy (non-hydrogen) atoms. The molecule has 0 amide bonds. The molecule has 1 aromatic heterocycles. The number of fused-ring (bicyclic) bond motifs is 1. The molecule has 0 radical (unpaired) electrons. The maximum atomic E-state index is 12.0. The lowest BCUT2D eigenvalue weighted by molar-refractivity contribution is 0.0971. The van der Waals surface area contributed by atoms with E-state index in [-0.39, 0.29) is 5.78 Å². The summed E-state index contributed by atoms with van der Waals surface area (Å²) in [6.07, 6.45) is 3.40. The topological polar surface area (TPSA) is 30.0 Å². The van der Waals surface area contributed by atoms with E-state index >= 15 is 0 Å². The molecule has 0 saturated heterocycles. The number of aromatic nitrogens is 1. The SMILES string of the molecule is Cc1nc2c(cc1Cc1ccccc1)C(=O)CCC2. The van der Waals surface area contributed by atoms with Gasteiger partial charge < -0.3 is 0 Å². The molecule has 0 fully saturated rings. The summed E-state index contributed by atoms with van der Waals surface area (Å²) < 4.78 is 0. The van der Waals surface area contributed by atoms with Crippen LogP contribution in [0.15, 0.2) is 36.4 Å². The second-order valence-electron chi connectivity index (χ2n) is 5.17. The Morgan fingerprint density at radius 1 is 1.16 bits per heavy atom. The average Bonchev–Trinajstić information content (AvgIpc) is 2.42. The van der Waals surface area contributed by atoms with Gasteiger partial charge in [-0.15, -0.1) is 0 Å². The normalized spacial score (nSPS) is 14.3.